The first-order chi connectivity index (χ1) is 8.15. The van der Waals surface area contributed by atoms with E-state index in [-0.39, 0.29) is 31.4 Å². The molecule has 0 saturated carbocycles. The maximum atomic E-state index is 12.6. The Kier molecular flexibility index (Phi) is 5.59. The van der Waals surface area contributed by atoms with Gasteiger partial charge in [0, 0.05) is 6.42 Å². The lowest BCUT2D eigenvalue weighted by atomic mass is 10.1. The van der Waals surface area contributed by atoms with E-state index in [0.29, 0.717) is 6.42 Å². The highest BCUT2D eigenvalue weighted by atomic mass is 19.1. The lowest BCUT2D eigenvalue weighted by Gasteiger charge is -2.13. The second kappa shape index (κ2) is 6.98. The summed E-state index contributed by atoms with van der Waals surface area (Å²) >= 11 is 0. The van der Waals surface area contributed by atoms with Crippen molar-refractivity contribution in [1.29, 1.82) is 0 Å². The number of halogens is 1. The van der Waals surface area contributed by atoms with Gasteiger partial charge in [-0.2, -0.15) is 0 Å². The van der Waals surface area contributed by atoms with Crippen molar-refractivity contribution in [2.75, 3.05) is 13.2 Å². The Morgan fingerprint density at radius 2 is 1.82 bits per heavy atom. The zero-order valence-electron chi connectivity index (χ0n) is 9.40. The summed E-state index contributed by atoms with van der Waals surface area (Å²) < 4.78 is 12.6. The summed E-state index contributed by atoms with van der Waals surface area (Å²) in [6, 6.07) is 5.32. The molecule has 0 unspecified atom stereocenters. The number of carbonyl (C=O) groups is 1. The molecule has 1 aromatic carbocycles. The fraction of sp³-hybridized carbons (Fsp3) is 0.417. The highest BCUT2D eigenvalue weighted by Crippen LogP contribution is 2.05. The van der Waals surface area contributed by atoms with E-state index < -0.39 is 6.04 Å². The third-order valence-electron chi connectivity index (χ3n) is 2.36. The van der Waals surface area contributed by atoms with Crippen LogP contribution in [0.5, 0.6) is 0 Å². The third-order valence-corrected chi connectivity index (χ3v) is 2.36. The standard InChI is InChI=1S/C12H16FNO3/c13-10-4-1-9(2-5-10)3-6-12(17)14-11(7-15)8-16/h1-2,4-5,11,15-16H,3,6-8H2,(H,14,17). The van der Waals surface area contributed by atoms with Crippen LogP contribution in [0.3, 0.4) is 0 Å². The van der Waals surface area contributed by atoms with Crippen molar-refractivity contribution >= 4 is 5.91 Å². The zero-order valence-corrected chi connectivity index (χ0v) is 9.40. The number of benzene rings is 1. The molecule has 94 valence electrons. The number of hydrogen-bond acceptors (Lipinski definition) is 3. The SMILES string of the molecule is O=C(CCc1ccc(F)cc1)NC(CO)CO. The van der Waals surface area contributed by atoms with Crippen LogP contribution in [-0.4, -0.2) is 35.4 Å². The van der Waals surface area contributed by atoms with Crippen molar-refractivity contribution in [1.82, 2.24) is 5.32 Å². The van der Waals surface area contributed by atoms with Crippen LogP contribution in [0.4, 0.5) is 4.39 Å². The first-order valence-corrected chi connectivity index (χ1v) is 5.41. The van der Waals surface area contributed by atoms with Gasteiger partial charge in [0.1, 0.15) is 5.82 Å². The van der Waals surface area contributed by atoms with Gasteiger partial charge in [-0.3, -0.25) is 4.79 Å². The number of aliphatic hydroxyl groups is 2. The molecule has 0 radical (unpaired) electrons. The van der Waals surface area contributed by atoms with Crippen molar-refractivity contribution in [2.45, 2.75) is 18.9 Å². The van der Waals surface area contributed by atoms with Crippen LogP contribution in [0.2, 0.25) is 0 Å². The molecule has 0 aliphatic rings. The van der Waals surface area contributed by atoms with Crippen LogP contribution in [-0.2, 0) is 11.2 Å². The molecule has 0 fully saturated rings. The van der Waals surface area contributed by atoms with Crippen molar-refractivity contribution in [3.63, 3.8) is 0 Å². The first kappa shape index (κ1) is 13.6. The third kappa shape index (κ3) is 4.93. The van der Waals surface area contributed by atoms with E-state index in [4.69, 9.17) is 10.2 Å². The Morgan fingerprint density at radius 3 is 2.35 bits per heavy atom. The van der Waals surface area contributed by atoms with Crippen LogP contribution >= 0.6 is 0 Å². The Balaban J connectivity index is 2.35. The molecule has 1 aromatic rings. The van der Waals surface area contributed by atoms with Gasteiger partial charge in [-0.15, -0.1) is 0 Å². The van der Waals surface area contributed by atoms with Crippen LogP contribution in [0.25, 0.3) is 0 Å². The molecule has 3 N–H and O–H groups in total. The molecule has 0 heterocycles. The topological polar surface area (TPSA) is 69.6 Å². The van der Waals surface area contributed by atoms with Gasteiger partial charge in [-0.1, -0.05) is 12.1 Å². The van der Waals surface area contributed by atoms with Gasteiger partial charge in [0.2, 0.25) is 5.91 Å². The highest BCUT2D eigenvalue weighted by molar-refractivity contribution is 5.76. The van der Waals surface area contributed by atoms with E-state index >= 15 is 0 Å². The Hall–Kier alpha value is -1.46. The number of nitrogens with one attached hydrogen (secondary N) is 1. The van der Waals surface area contributed by atoms with Crippen molar-refractivity contribution < 1.29 is 19.4 Å². The monoisotopic (exact) mass is 241 g/mol. The van der Waals surface area contributed by atoms with Crippen LogP contribution in [0, 0.1) is 5.82 Å². The van der Waals surface area contributed by atoms with Crippen molar-refractivity contribution in [3.05, 3.63) is 35.6 Å². The quantitative estimate of drug-likeness (QED) is 0.667. The molecule has 4 nitrogen and oxygen atoms in total. The number of rotatable bonds is 6. The lowest BCUT2D eigenvalue weighted by Crippen LogP contribution is -2.40. The predicted octanol–water partition coefficient (Wildman–Crippen LogP) is 0.228. The predicted molar refractivity (Wildman–Crippen MR) is 60.8 cm³/mol. The first-order valence-electron chi connectivity index (χ1n) is 5.41. The second-order valence-corrected chi connectivity index (χ2v) is 3.76. The molecule has 0 aliphatic heterocycles. The fourth-order valence-electron chi connectivity index (χ4n) is 1.36. The van der Waals surface area contributed by atoms with Gasteiger partial charge in [-0.25, -0.2) is 4.39 Å². The van der Waals surface area contributed by atoms with E-state index in [0.717, 1.165) is 5.56 Å². The molecule has 0 saturated heterocycles. The van der Waals surface area contributed by atoms with Crippen LogP contribution < -0.4 is 5.32 Å². The second-order valence-electron chi connectivity index (χ2n) is 3.76. The maximum Gasteiger partial charge on any atom is 0.220 e. The van der Waals surface area contributed by atoms with E-state index in [1.165, 1.54) is 12.1 Å². The molecule has 1 amide bonds. The zero-order chi connectivity index (χ0) is 12.7. The van der Waals surface area contributed by atoms with E-state index in [1.54, 1.807) is 12.1 Å². The summed E-state index contributed by atoms with van der Waals surface area (Å²) in [7, 11) is 0. The summed E-state index contributed by atoms with van der Waals surface area (Å²) in [5, 5.41) is 20.0. The number of carbonyl (C=O) groups excluding carboxylic acids is 1. The van der Waals surface area contributed by atoms with Crippen molar-refractivity contribution in [2.24, 2.45) is 0 Å². The summed E-state index contributed by atoms with van der Waals surface area (Å²) in [4.78, 5) is 11.4. The minimum Gasteiger partial charge on any atom is -0.394 e. The van der Waals surface area contributed by atoms with Gasteiger partial charge in [-0.05, 0) is 24.1 Å². The molecular formula is C12H16FNO3. The Bertz CT molecular complexity index is 349. The van der Waals surface area contributed by atoms with Gasteiger partial charge in [0.05, 0.1) is 19.3 Å². The maximum absolute atomic E-state index is 12.6. The molecule has 5 heteroatoms. The molecule has 0 atom stereocenters. The van der Waals surface area contributed by atoms with E-state index in [2.05, 4.69) is 5.32 Å². The minimum absolute atomic E-state index is 0.238. The highest BCUT2D eigenvalue weighted by Gasteiger charge is 2.09. The summed E-state index contributed by atoms with van der Waals surface area (Å²) in [5.74, 6) is -0.554. The van der Waals surface area contributed by atoms with Crippen LogP contribution in [0.1, 0.15) is 12.0 Å². The molecule has 0 bridgehead atoms. The van der Waals surface area contributed by atoms with Gasteiger partial charge < -0.3 is 15.5 Å². The number of hydrogen-bond donors (Lipinski definition) is 3. The summed E-state index contributed by atoms with van der Waals surface area (Å²) in [6.07, 6.45) is 0.734. The average molecular weight is 241 g/mol. The van der Waals surface area contributed by atoms with E-state index in [1.807, 2.05) is 0 Å². The average Bonchev–Trinajstić information content (AvgIpc) is 2.35. The molecular weight excluding hydrogens is 225 g/mol. The lowest BCUT2D eigenvalue weighted by molar-refractivity contribution is -0.122. The Labute approximate surface area is 99.1 Å². The van der Waals surface area contributed by atoms with Crippen LogP contribution in [0.15, 0.2) is 24.3 Å². The largest absolute Gasteiger partial charge is 0.394 e. The number of aryl methyl sites for hydroxylation is 1. The molecule has 1 rings (SSSR count). The fourth-order valence-corrected chi connectivity index (χ4v) is 1.36. The number of amides is 1. The van der Waals surface area contributed by atoms with Gasteiger partial charge in [0.15, 0.2) is 0 Å². The van der Waals surface area contributed by atoms with Gasteiger partial charge in [0.25, 0.3) is 0 Å². The summed E-state index contributed by atoms with van der Waals surface area (Å²) in [6.45, 7) is -0.586. The smallest absolute Gasteiger partial charge is 0.220 e. The summed E-state index contributed by atoms with van der Waals surface area (Å²) in [5.41, 5.74) is 0.867. The Morgan fingerprint density at radius 1 is 1.24 bits per heavy atom. The molecule has 0 aromatic heterocycles. The van der Waals surface area contributed by atoms with E-state index in [9.17, 15) is 9.18 Å². The minimum atomic E-state index is -0.615. The molecule has 0 aliphatic carbocycles. The molecule has 0 spiro atoms. The molecule has 17 heavy (non-hydrogen) atoms. The normalized spacial score (nSPS) is 10.6. The van der Waals surface area contributed by atoms with Gasteiger partial charge >= 0.3 is 0 Å². The number of aliphatic hydroxyl groups excluding tert-OH is 2. The van der Waals surface area contributed by atoms with Crippen molar-refractivity contribution in [3.8, 4) is 0 Å².